The Morgan fingerprint density at radius 1 is 1.05 bits per heavy atom. The van der Waals surface area contributed by atoms with E-state index in [2.05, 4.69) is 31.0 Å². The smallest absolute Gasteiger partial charge is 0.207 e. The summed E-state index contributed by atoms with van der Waals surface area (Å²) in [5.74, 6) is 0.788. The highest BCUT2D eigenvalue weighted by Crippen LogP contribution is 2.25. The Hall–Kier alpha value is -2.26. The maximum absolute atomic E-state index is 5.27. The molecule has 1 aromatic carbocycles. The first-order valence-corrected chi connectivity index (χ1v) is 7.80. The van der Waals surface area contributed by atoms with Crippen LogP contribution < -0.4 is 15.4 Å². The van der Waals surface area contributed by atoms with Crippen LogP contribution in [0.25, 0.3) is 0 Å². The summed E-state index contributed by atoms with van der Waals surface area (Å²) < 4.78 is 5.27. The summed E-state index contributed by atoms with van der Waals surface area (Å²) in [5.41, 5.74) is 4.35. The van der Waals surface area contributed by atoms with Gasteiger partial charge in [-0.05, 0) is 17.7 Å². The van der Waals surface area contributed by atoms with E-state index in [9.17, 15) is 0 Å². The number of methoxy groups -OCH3 is 1. The van der Waals surface area contributed by atoms with E-state index in [1.165, 1.54) is 22.7 Å². The average Bonchev–Trinajstić information content (AvgIpc) is 3.20. The van der Waals surface area contributed by atoms with E-state index in [-0.39, 0.29) is 6.17 Å². The lowest BCUT2D eigenvalue weighted by atomic mass is 10.1. The van der Waals surface area contributed by atoms with Crippen LogP contribution in [-0.4, -0.2) is 27.5 Å². The van der Waals surface area contributed by atoms with Gasteiger partial charge in [0.15, 0.2) is 0 Å². The number of hydrogen-bond donors (Lipinski definition) is 2. The Kier molecular flexibility index (Phi) is 4.22. The zero-order valence-corrected chi connectivity index (χ0v) is 12.7. The maximum atomic E-state index is 5.27. The van der Waals surface area contributed by atoms with Crippen molar-refractivity contribution in [2.24, 2.45) is 0 Å². The summed E-state index contributed by atoms with van der Waals surface area (Å²) in [5, 5.41) is 23.7. The normalized spacial score (nSPS) is 10.6. The standard InChI is InChI=1S/C12H12N6OS2/c1-19-9-4-2-3-8(5-9)10(15-11-17-13-6-20-11)16-12-18-14-7-21-12/h2-7,10H,1H3,(H,15,17)(H,16,18). The highest BCUT2D eigenvalue weighted by Gasteiger charge is 2.15. The number of aromatic nitrogens is 4. The second-order valence-electron chi connectivity index (χ2n) is 3.99. The van der Waals surface area contributed by atoms with Crippen LogP contribution >= 0.6 is 22.7 Å². The minimum absolute atomic E-state index is 0.207. The van der Waals surface area contributed by atoms with Crippen LogP contribution in [0.1, 0.15) is 11.7 Å². The summed E-state index contributed by atoms with van der Waals surface area (Å²) in [7, 11) is 1.64. The van der Waals surface area contributed by atoms with Gasteiger partial charge in [-0.3, -0.25) is 0 Å². The van der Waals surface area contributed by atoms with Crippen molar-refractivity contribution in [2.45, 2.75) is 6.17 Å². The van der Waals surface area contributed by atoms with E-state index in [0.717, 1.165) is 21.6 Å². The molecule has 3 rings (SSSR count). The second-order valence-corrected chi connectivity index (χ2v) is 5.65. The summed E-state index contributed by atoms with van der Waals surface area (Å²) in [4.78, 5) is 0. The maximum Gasteiger partial charge on any atom is 0.207 e. The quantitative estimate of drug-likeness (QED) is 0.675. The van der Waals surface area contributed by atoms with Crippen LogP contribution in [0, 0.1) is 0 Å². The molecule has 0 bridgehead atoms. The number of anilines is 2. The molecule has 0 spiro atoms. The second kappa shape index (κ2) is 6.46. The minimum Gasteiger partial charge on any atom is -0.497 e. The van der Waals surface area contributed by atoms with Crippen LogP contribution in [0.2, 0.25) is 0 Å². The average molecular weight is 320 g/mol. The van der Waals surface area contributed by atoms with Gasteiger partial charge in [-0.2, -0.15) is 0 Å². The molecule has 2 N–H and O–H groups in total. The molecule has 0 aliphatic heterocycles. The van der Waals surface area contributed by atoms with E-state index >= 15 is 0 Å². The summed E-state index contributed by atoms with van der Waals surface area (Å²) >= 11 is 2.86. The number of nitrogens with one attached hydrogen (secondary N) is 2. The molecule has 21 heavy (non-hydrogen) atoms. The van der Waals surface area contributed by atoms with Crippen molar-refractivity contribution < 1.29 is 4.74 Å². The monoisotopic (exact) mass is 320 g/mol. The molecule has 3 aromatic rings. The van der Waals surface area contributed by atoms with Gasteiger partial charge in [-0.15, -0.1) is 20.4 Å². The van der Waals surface area contributed by atoms with Crippen LogP contribution in [0.5, 0.6) is 5.75 Å². The predicted molar refractivity (Wildman–Crippen MR) is 82.8 cm³/mol. The van der Waals surface area contributed by atoms with Crippen molar-refractivity contribution >= 4 is 32.9 Å². The molecule has 2 heterocycles. The van der Waals surface area contributed by atoms with Gasteiger partial charge < -0.3 is 15.4 Å². The van der Waals surface area contributed by atoms with Crippen molar-refractivity contribution in [1.29, 1.82) is 0 Å². The molecule has 108 valence electrons. The lowest BCUT2D eigenvalue weighted by Crippen LogP contribution is -2.19. The number of hydrogen-bond acceptors (Lipinski definition) is 9. The van der Waals surface area contributed by atoms with Crippen LogP contribution in [0.4, 0.5) is 10.3 Å². The van der Waals surface area contributed by atoms with Crippen molar-refractivity contribution in [3.05, 3.63) is 40.8 Å². The lowest BCUT2D eigenvalue weighted by molar-refractivity contribution is 0.414. The van der Waals surface area contributed by atoms with Gasteiger partial charge in [0.2, 0.25) is 10.3 Å². The SMILES string of the molecule is COc1cccc(C(Nc2nncs2)Nc2nncs2)c1. The molecule has 0 aliphatic rings. The Morgan fingerprint density at radius 3 is 2.24 bits per heavy atom. The predicted octanol–water partition coefficient (Wildman–Crippen LogP) is 2.62. The van der Waals surface area contributed by atoms with Gasteiger partial charge in [-0.1, -0.05) is 34.8 Å². The van der Waals surface area contributed by atoms with E-state index in [0.29, 0.717) is 0 Å². The van der Waals surface area contributed by atoms with Gasteiger partial charge in [0.25, 0.3) is 0 Å². The fraction of sp³-hybridized carbons (Fsp3) is 0.167. The molecule has 0 fully saturated rings. The van der Waals surface area contributed by atoms with E-state index in [1.807, 2.05) is 24.3 Å². The van der Waals surface area contributed by atoms with E-state index in [1.54, 1.807) is 18.1 Å². The zero-order valence-electron chi connectivity index (χ0n) is 11.1. The molecular weight excluding hydrogens is 308 g/mol. The minimum atomic E-state index is -0.207. The third kappa shape index (κ3) is 3.44. The van der Waals surface area contributed by atoms with E-state index < -0.39 is 0 Å². The van der Waals surface area contributed by atoms with Crippen molar-refractivity contribution in [2.75, 3.05) is 17.7 Å². The lowest BCUT2D eigenvalue weighted by Gasteiger charge is -2.19. The van der Waals surface area contributed by atoms with Crippen LogP contribution in [0.15, 0.2) is 35.3 Å². The Balaban J connectivity index is 1.86. The first kappa shape index (κ1) is 13.7. The molecule has 0 atom stereocenters. The molecule has 0 aliphatic carbocycles. The first-order valence-electron chi connectivity index (χ1n) is 6.04. The van der Waals surface area contributed by atoms with Crippen molar-refractivity contribution in [3.63, 3.8) is 0 Å². The largest absolute Gasteiger partial charge is 0.497 e. The van der Waals surface area contributed by atoms with Crippen molar-refractivity contribution in [1.82, 2.24) is 20.4 Å². The number of nitrogens with zero attached hydrogens (tertiary/aromatic N) is 4. The topological polar surface area (TPSA) is 84.9 Å². The third-order valence-electron chi connectivity index (χ3n) is 2.68. The number of rotatable bonds is 6. The van der Waals surface area contributed by atoms with Crippen molar-refractivity contribution in [3.8, 4) is 5.75 Å². The fourth-order valence-corrected chi connectivity index (χ4v) is 2.69. The van der Waals surface area contributed by atoms with Gasteiger partial charge in [0.05, 0.1) is 7.11 Å². The van der Waals surface area contributed by atoms with Gasteiger partial charge in [0, 0.05) is 0 Å². The molecule has 7 nitrogen and oxygen atoms in total. The molecule has 0 unspecified atom stereocenters. The number of benzene rings is 1. The molecule has 0 amide bonds. The molecule has 9 heteroatoms. The molecule has 0 saturated carbocycles. The van der Waals surface area contributed by atoms with E-state index in [4.69, 9.17) is 4.74 Å². The Bertz CT molecular complexity index is 637. The Morgan fingerprint density at radius 2 is 1.71 bits per heavy atom. The molecule has 0 saturated heterocycles. The van der Waals surface area contributed by atoms with Crippen LogP contribution in [0.3, 0.4) is 0 Å². The first-order chi connectivity index (χ1) is 10.3. The number of ether oxygens (including phenoxy) is 1. The van der Waals surface area contributed by atoms with Gasteiger partial charge in [0.1, 0.15) is 22.9 Å². The molecular formula is C12H12N6OS2. The van der Waals surface area contributed by atoms with Gasteiger partial charge >= 0.3 is 0 Å². The highest BCUT2D eigenvalue weighted by atomic mass is 32.1. The fourth-order valence-electron chi connectivity index (χ4n) is 1.74. The third-order valence-corrected chi connectivity index (χ3v) is 3.93. The molecule has 0 radical (unpaired) electrons. The molecule has 2 aromatic heterocycles. The summed E-state index contributed by atoms with van der Waals surface area (Å²) in [6.07, 6.45) is -0.207. The summed E-state index contributed by atoms with van der Waals surface area (Å²) in [6.45, 7) is 0. The summed E-state index contributed by atoms with van der Waals surface area (Å²) in [6, 6.07) is 7.78. The van der Waals surface area contributed by atoms with Gasteiger partial charge in [-0.25, -0.2) is 0 Å². The zero-order chi connectivity index (χ0) is 14.5. The van der Waals surface area contributed by atoms with Crippen LogP contribution in [-0.2, 0) is 0 Å². The highest BCUT2D eigenvalue weighted by molar-refractivity contribution is 7.13. The Labute approximate surface area is 129 Å².